The predicted octanol–water partition coefficient (Wildman–Crippen LogP) is 5.28. The first-order valence-electron chi connectivity index (χ1n) is 7.40. The highest BCUT2D eigenvalue weighted by Crippen LogP contribution is 2.24. The lowest BCUT2D eigenvalue weighted by molar-refractivity contribution is 0.102. The average Bonchev–Trinajstić information content (AvgIpc) is 2.62. The number of hydrogen-bond donors (Lipinski definition) is 1. The minimum atomic E-state index is -0.212. The van der Waals surface area contributed by atoms with E-state index in [-0.39, 0.29) is 5.91 Å². The maximum atomic E-state index is 12.2. The average molecular weight is 355 g/mol. The predicted molar refractivity (Wildman–Crippen MR) is 99.6 cm³/mol. The highest BCUT2D eigenvalue weighted by molar-refractivity contribution is 7.98. The van der Waals surface area contributed by atoms with Gasteiger partial charge in [0.15, 0.2) is 0 Å². The van der Waals surface area contributed by atoms with E-state index in [0.29, 0.717) is 10.6 Å². The van der Waals surface area contributed by atoms with Crippen molar-refractivity contribution < 1.29 is 4.79 Å². The second-order valence-corrected chi connectivity index (χ2v) is 6.56. The van der Waals surface area contributed by atoms with Crippen LogP contribution in [0.5, 0.6) is 0 Å². The number of benzene rings is 2. The number of aromatic nitrogens is 1. The third-order valence-electron chi connectivity index (χ3n) is 3.36. The van der Waals surface area contributed by atoms with Crippen LogP contribution in [0.1, 0.15) is 15.9 Å². The first-order chi connectivity index (χ1) is 11.7. The van der Waals surface area contributed by atoms with E-state index in [1.54, 1.807) is 42.2 Å². The van der Waals surface area contributed by atoms with Gasteiger partial charge in [-0.2, -0.15) is 0 Å². The number of amides is 1. The minimum absolute atomic E-state index is 0.212. The van der Waals surface area contributed by atoms with Gasteiger partial charge in [0.25, 0.3) is 5.91 Å². The Balaban J connectivity index is 1.60. The van der Waals surface area contributed by atoms with Crippen LogP contribution in [0.25, 0.3) is 0 Å². The molecule has 0 aliphatic rings. The molecule has 0 saturated heterocycles. The minimum Gasteiger partial charge on any atom is -0.322 e. The Morgan fingerprint density at radius 1 is 1.04 bits per heavy atom. The molecule has 1 amide bonds. The smallest absolute Gasteiger partial charge is 0.257 e. The van der Waals surface area contributed by atoms with Crippen molar-refractivity contribution in [1.82, 2.24) is 4.98 Å². The molecule has 0 saturated carbocycles. The molecule has 120 valence electrons. The van der Waals surface area contributed by atoms with Crippen LogP contribution in [-0.2, 0) is 5.75 Å². The molecule has 3 nitrogen and oxygen atoms in total. The van der Waals surface area contributed by atoms with E-state index in [0.717, 1.165) is 16.3 Å². The molecule has 3 rings (SSSR count). The lowest BCUT2D eigenvalue weighted by atomic mass is 10.2. The van der Waals surface area contributed by atoms with Gasteiger partial charge in [-0.25, -0.2) is 0 Å². The summed E-state index contributed by atoms with van der Waals surface area (Å²) in [7, 11) is 0. The fourth-order valence-electron chi connectivity index (χ4n) is 2.13. The van der Waals surface area contributed by atoms with Crippen LogP contribution in [0.2, 0.25) is 5.02 Å². The fraction of sp³-hybridized carbons (Fsp3) is 0.0526. The highest BCUT2D eigenvalue weighted by Gasteiger charge is 2.09. The first-order valence-corrected chi connectivity index (χ1v) is 8.76. The second kappa shape index (κ2) is 7.99. The molecule has 0 bridgehead atoms. The molecule has 0 spiro atoms. The number of thioether (sulfide) groups is 1. The Bertz CT molecular complexity index is 822. The zero-order valence-electron chi connectivity index (χ0n) is 12.8. The van der Waals surface area contributed by atoms with Gasteiger partial charge in [0, 0.05) is 28.7 Å². The second-order valence-electron chi connectivity index (χ2n) is 5.11. The van der Waals surface area contributed by atoms with Crippen molar-refractivity contribution in [2.75, 3.05) is 5.32 Å². The summed E-state index contributed by atoms with van der Waals surface area (Å²) in [6, 6.07) is 18.7. The van der Waals surface area contributed by atoms with Crippen LogP contribution in [-0.4, -0.2) is 10.9 Å². The van der Waals surface area contributed by atoms with Crippen LogP contribution in [0.15, 0.2) is 78.0 Å². The Morgan fingerprint density at radius 2 is 1.83 bits per heavy atom. The van der Waals surface area contributed by atoms with E-state index in [1.807, 2.05) is 36.5 Å². The number of nitrogens with one attached hydrogen (secondary N) is 1. The maximum Gasteiger partial charge on any atom is 0.257 e. The number of hydrogen-bond acceptors (Lipinski definition) is 3. The van der Waals surface area contributed by atoms with Crippen molar-refractivity contribution in [3.8, 4) is 0 Å². The van der Waals surface area contributed by atoms with Crippen LogP contribution in [0.4, 0.5) is 5.69 Å². The Kier molecular flexibility index (Phi) is 5.51. The number of carbonyl (C=O) groups excluding carboxylic acids is 1. The quantitative estimate of drug-likeness (QED) is 0.634. The van der Waals surface area contributed by atoms with Crippen LogP contribution < -0.4 is 5.32 Å². The van der Waals surface area contributed by atoms with Crippen molar-refractivity contribution in [1.29, 1.82) is 0 Å². The van der Waals surface area contributed by atoms with E-state index in [1.165, 1.54) is 5.56 Å². The maximum absolute atomic E-state index is 12.2. The summed E-state index contributed by atoms with van der Waals surface area (Å²) in [6.07, 6.45) is 3.63. The molecule has 0 unspecified atom stereocenters. The van der Waals surface area contributed by atoms with Gasteiger partial charge in [-0.1, -0.05) is 29.8 Å². The lowest BCUT2D eigenvalue weighted by Gasteiger charge is -2.08. The van der Waals surface area contributed by atoms with Crippen molar-refractivity contribution in [2.45, 2.75) is 10.6 Å². The summed E-state index contributed by atoms with van der Waals surface area (Å²) in [6.45, 7) is 0. The molecule has 1 N–H and O–H groups in total. The van der Waals surface area contributed by atoms with Gasteiger partial charge in [-0.3, -0.25) is 9.78 Å². The number of halogens is 1. The molecular formula is C19H15ClN2OS. The molecule has 0 fully saturated rings. The molecule has 3 aromatic rings. The molecule has 1 aromatic heterocycles. The monoisotopic (exact) mass is 354 g/mol. The van der Waals surface area contributed by atoms with E-state index < -0.39 is 0 Å². The normalized spacial score (nSPS) is 10.4. The van der Waals surface area contributed by atoms with Gasteiger partial charge in [-0.15, -0.1) is 11.8 Å². The van der Waals surface area contributed by atoms with E-state index in [2.05, 4.69) is 16.4 Å². The third-order valence-corrected chi connectivity index (χ3v) is 4.77. The van der Waals surface area contributed by atoms with Gasteiger partial charge in [0.05, 0.1) is 10.6 Å². The van der Waals surface area contributed by atoms with Crippen LogP contribution >= 0.6 is 23.4 Å². The zero-order chi connectivity index (χ0) is 16.8. The van der Waals surface area contributed by atoms with E-state index in [4.69, 9.17) is 11.6 Å². The van der Waals surface area contributed by atoms with Crippen LogP contribution in [0.3, 0.4) is 0 Å². The number of carbonyl (C=O) groups is 1. The number of anilines is 1. The van der Waals surface area contributed by atoms with Gasteiger partial charge >= 0.3 is 0 Å². The van der Waals surface area contributed by atoms with E-state index >= 15 is 0 Å². The van der Waals surface area contributed by atoms with Gasteiger partial charge in [0.1, 0.15) is 0 Å². The van der Waals surface area contributed by atoms with Gasteiger partial charge in [-0.05, 0) is 48.0 Å². The SMILES string of the molecule is O=C(Nc1ccc(SCc2cccnc2)cc1)c1ccccc1Cl. The summed E-state index contributed by atoms with van der Waals surface area (Å²) in [4.78, 5) is 17.5. The summed E-state index contributed by atoms with van der Waals surface area (Å²) < 4.78 is 0. The highest BCUT2D eigenvalue weighted by atomic mass is 35.5. The third kappa shape index (κ3) is 4.37. The van der Waals surface area contributed by atoms with Crippen molar-refractivity contribution in [2.24, 2.45) is 0 Å². The fourth-order valence-corrected chi connectivity index (χ4v) is 3.18. The molecule has 0 aliphatic carbocycles. The van der Waals surface area contributed by atoms with E-state index in [9.17, 15) is 4.79 Å². The number of pyridine rings is 1. The molecule has 1 heterocycles. The summed E-state index contributed by atoms with van der Waals surface area (Å²) >= 11 is 7.77. The van der Waals surface area contributed by atoms with Gasteiger partial charge in [0.2, 0.25) is 0 Å². The lowest BCUT2D eigenvalue weighted by Crippen LogP contribution is -2.12. The molecule has 2 aromatic carbocycles. The Labute approximate surface area is 150 Å². The molecular weight excluding hydrogens is 340 g/mol. The standard InChI is InChI=1S/C19H15ClN2OS/c20-18-6-2-1-5-17(18)19(23)22-15-7-9-16(10-8-15)24-13-14-4-3-11-21-12-14/h1-12H,13H2,(H,22,23). The van der Waals surface area contributed by atoms with Crippen molar-refractivity contribution in [3.05, 3.63) is 89.2 Å². The molecule has 24 heavy (non-hydrogen) atoms. The zero-order valence-corrected chi connectivity index (χ0v) is 14.3. The molecule has 0 radical (unpaired) electrons. The summed E-state index contributed by atoms with van der Waals surface area (Å²) in [5.74, 6) is 0.649. The summed E-state index contributed by atoms with van der Waals surface area (Å²) in [5, 5.41) is 3.30. The number of nitrogens with zero attached hydrogens (tertiary/aromatic N) is 1. The topological polar surface area (TPSA) is 42.0 Å². The Morgan fingerprint density at radius 3 is 2.54 bits per heavy atom. The van der Waals surface area contributed by atoms with Crippen molar-refractivity contribution in [3.63, 3.8) is 0 Å². The number of rotatable bonds is 5. The van der Waals surface area contributed by atoms with Gasteiger partial charge < -0.3 is 5.32 Å². The molecule has 0 aliphatic heterocycles. The summed E-state index contributed by atoms with van der Waals surface area (Å²) in [5.41, 5.74) is 2.39. The molecule has 5 heteroatoms. The molecule has 0 atom stereocenters. The Hall–Kier alpha value is -2.30. The van der Waals surface area contributed by atoms with Crippen molar-refractivity contribution >= 4 is 35.0 Å². The first kappa shape index (κ1) is 16.6. The largest absolute Gasteiger partial charge is 0.322 e. The van der Waals surface area contributed by atoms with Crippen LogP contribution in [0, 0.1) is 0 Å².